The van der Waals surface area contributed by atoms with Crippen LogP contribution in [0.3, 0.4) is 0 Å². The molecular formula is C18H23BrO2. The topological polar surface area (TPSA) is 26.3 Å². The van der Waals surface area contributed by atoms with Gasteiger partial charge < -0.3 is 9.53 Å². The summed E-state index contributed by atoms with van der Waals surface area (Å²) >= 11 is 3.73. The molecule has 0 atom stereocenters. The zero-order chi connectivity index (χ0) is 15.8. The molecule has 0 radical (unpaired) electrons. The first-order valence-electron chi connectivity index (χ1n) is 7.37. The molecule has 0 unspecified atom stereocenters. The quantitative estimate of drug-likeness (QED) is 0.720. The lowest BCUT2D eigenvalue weighted by atomic mass is 9.71. The van der Waals surface area contributed by atoms with E-state index >= 15 is 0 Å². The van der Waals surface area contributed by atoms with Gasteiger partial charge in [-0.05, 0) is 56.5 Å². The highest BCUT2D eigenvalue weighted by Crippen LogP contribution is 2.48. The van der Waals surface area contributed by atoms with Gasteiger partial charge in [0.1, 0.15) is 12.0 Å². The summed E-state index contributed by atoms with van der Waals surface area (Å²) < 4.78 is 6.55. The van der Waals surface area contributed by atoms with E-state index in [4.69, 9.17) is 4.74 Å². The molecule has 2 nitrogen and oxygen atoms in total. The fourth-order valence-corrected chi connectivity index (χ4v) is 4.33. The van der Waals surface area contributed by atoms with Gasteiger partial charge in [-0.2, -0.15) is 0 Å². The Kier molecular flexibility index (Phi) is 4.62. The Bertz CT molecular complexity index is 598. The minimum Gasteiger partial charge on any atom is -0.495 e. The first kappa shape index (κ1) is 16.3. The van der Waals surface area contributed by atoms with Crippen LogP contribution in [0, 0.1) is 5.92 Å². The number of fused-ring (bicyclic) bond motifs is 1. The maximum absolute atomic E-state index is 11.0. The molecular weight excluding hydrogens is 328 g/mol. The van der Waals surface area contributed by atoms with Crippen molar-refractivity contribution in [2.75, 3.05) is 7.11 Å². The normalized spacial score (nSPS) is 16.4. The molecule has 0 heterocycles. The molecule has 0 saturated heterocycles. The standard InChI is InChI=1S/C18H23BrO2/c1-11(2)13-6-8-18(3,4)15-14(13)10-12(7-9-20)17(21-5)16(15)19/h6,9-11H,7-8H2,1-5H3. The average molecular weight is 351 g/mol. The van der Waals surface area contributed by atoms with Crippen molar-refractivity contribution in [1.82, 2.24) is 0 Å². The molecule has 1 aromatic carbocycles. The highest BCUT2D eigenvalue weighted by Gasteiger charge is 2.33. The third-order valence-corrected chi connectivity index (χ3v) is 5.00. The molecule has 3 heteroatoms. The minimum atomic E-state index is 0.0551. The molecule has 0 saturated carbocycles. The fourth-order valence-electron chi connectivity index (χ4n) is 3.16. The third-order valence-electron chi connectivity index (χ3n) is 4.25. The molecule has 0 fully saturated rings. The molecule has 21 heavy (non-hydrogen) atoms. The number of hydrogen-bond acceptors (Lipinski definition) is 2. The Labute approximate surface area is 135 Å². The van der Waals surface area contributed by atoms with Crippen LogP contribution in [0.15, 0.2) is 16.6 Å². The monoisotopic (exact) mass is 350 g/mol. The van der Waals surface area contributed by atoms with E-state index in [1.165, 1.54) is 16.7 Å². The Hall–Kier alpha value is -1.09. The molecule has 0 N–H and O–H groups in total. The van der Waals surface area contributed by atoms with E-state index in [2.05, 4.69) is 55.8 Å². The summed E-state index contributed by atoms with van der Waals surface area (Å²) in [5.74, 6) is 1.25. The Morgan fingerprint density at radius 2 is 2.10 bits per heavy atom. The summed E-state index contributed by atoms with van der Waals surface area (Å²) in [7, 11) is 1.66. The summed E-state index contributed by atoms with van der Waals surface area (Å²) in [5.41, 5.74) is 4.91. The van der Waals surface area contributed by atoms with E-state index in [9.17, 15) is 4.79 Å². The smallest absolute Gasteiger partial charge is 0.137 e. The number of ether oxygens (including phenoxy) is 1. The van der Waals surface area contributed by atoms with Crippen molar-refractivity contribution < 1.29 is 9.53 Å². The van der Waals surface area contributed by atoms with Crippen LogP contribution in [0.2, 0.25) is 0 Å². The summed E-state index contributed by atoms with van der Waals surface area (Å²) in [6, 6.07) is 2.14. The zero-order valence-corrected chi connectivity index (χ0v) is 15.0. The molecule has 0 spiro atoms. The molecule has 0 aromatic heterocycles. The molecule has 1 aliphatic carbocycles. The maximum atomic E-state index is 11.0. The van der Waals surface area contributed by atoms with Crippen LogP contribution in [0.4, 0.5) is 0 Å². The van der Waals surface area contributed by atoms with Crippen LogP contribution in [-0.4, -0.2) is 13.4 Å². The number of hydrogen-bond donors (Lipinski definition) is 0. The van der Waals surface area contributed by atoms with Gasteiger partial charge in [-0.1, -0.05) is 33.8 Å². The highest BCUT2D eigenvalue weighted by atomic mass is 79.9. The van der Waals surface area contributed by atoms with Crippen LogP contribution in [0.1, 0.15) is 50.8 Å². The molecule has 0 aliphatic heterocycles. The van der Waals surface area contributed by atoms with Gasteiger partial charge in [0, 0.05) is 12.0 Å². The second kappa shape index (κ2) is 5.96. The van der Waals surface area contributed by atoms with E-state index in [0.29, 0.717) is 12.3 Å². The van der Waals surface area contributed by atoms with Crippen LogP contribution in [0.25, 0.3) is 5.57 Å². The SMILES string of the molecule is COc1c(CC=O)cc2c(c1Br)C(C)(C)CC=C2C(C)C. The summed E-state index contributed by atoms with van der Waals surface area (Å²) in [6.45, 7) is 8.93. The van der Waals surface area contributed by atoms with Crippen molar-refractivity contribution in [3.8, 4) is 5.75 Å². The van der Waals surface area contributed by atoms with Gasteiger partial charge in [0.2, 0.25) is 0 Å². The van der Waals surface area contributed by atoms with Crippen LogP contribution >= 0.6 is 15.9 Å². The number of carbonyl (C=O) groups excluding carboxylic acids is 1. The van der Waals surface area contributed by atoms with E-state index in [0.717, 1.165) is 28.5 Å². The first-order chi connectivity index (χ1) is 9.83. The van der Waals surface area contributed by atoms with Crippen molar-refractivity contribution in [3.05, 3.63) is 33.3 Å². The number of halogens is 1. The lowest BCUT2D eigenvalue weighted by Crippen LogP contribution is -2.24. The average Bonchev–Trinajstić information content (AvgIpc) is 2.38. The molecule has 1 aliphatic rings. The zero-order valence-electron chi connectivity index (χ0n) is 13.4. The van der Waals surface area contributed by atoms with Crippen molar-refractivity contribution in [2.45, 2.75) is 46.0 Å². The molecule has 0 amide bonds. The molecule has 0 bridgehead atoms. The number of allylic oxidation sites excluding steroid dienone is 2. The minimum absolute atomic E-state index is 0.0551. The fraction of sp³-hybridized carbons (Fsp3) is 0.500. The predicted octanol–water partition coefficient (Wildman–Crippen LogP) is 4.92. The third kappa shape index (κ3) is 2.80. The largest absolute Gasteiger partial charge is 0.495 e. The number of carbonyl (C=O) groups is 1. The van der Waals surface area contributed by atoms with Crippen LogP contribution < -0.4 is 4.74 Å². The van der Waals surface area contributed by atoms with Gasteiger partial charge in [-0.25, -0.2) is 0 Å². The lowest BCUT2D eigenvalue weighted by Gasteiger charge is -2.35. The summed E-state index contributed by atoms with van der Waals surface area (Å²) in [6.07, 6.45) is 4.67. The van der Waals surface area contributed by atoms with Gasteiger partial charge in [0.15, 0.2) is 0 Å². The first-order valence-corrected chi connectivity index (χ1v) is 8.16. The molecule has 2 rings (SSSR count). The number of benzene rings is 1. The van der Waals surface area contributed by atoms with E-state index < -0.39 is 0 Å². The predicted molar refractivity (Wildman–Crippen MR) is 90.9 cm³/mol. The van der Waals surface area contributed by atoms with Crippen LogP contribution in [0.5, 0.6) is 5.75 Å². The Morgan fingerprint density at radius 1 is 1.43 bits per heavy atom. The van der Waals surface area contributed by atoms with Gasteiger partial charge in [0.25, 0.3) is 0 Å². The lowest BCUT2D eigenvalue weighted by molar-refractivity contribution is -0.107. The van der Waals surface area contributed by atoms with E-state index in [-0.39, 0.29) is 5.41 Å². The van der Waals surface area contributed by atoms with Crippen LogP contribution in [-0.2, 0) is 16.6 Å². The summed E-state index contributed by atoms with van der Waals surface area (Å²) in [5, 5.41) is 0. The van der Waals surface area contributed by atoms with Crippen molar-refractivity contribution >= 4 is 27.8 Å². The highest BCUT2D eigenvalue weighted by molar-refractivity contribution is 9.10. The van der Waals surface area contributed by atoms with Crippen molar-refractivity contribution in [1.29, 1.82) is 0 Å². The Morgan fingerprint density at radius 3 is 2.62 bits per heavy atom. The van der Waals surface area contributed by atoms with Gasteiger partial charge in [-0.3, -0.25) is 0 Å². The Balaban J connectivity index is 2.78. The van der Waals surface area contributed by atoms with Crippen molar-refractivity contribution in [3.63, 3.8) is 0 Å². The molecule has 1 aromatic rings. The number of methoxy groups -OCH3 is 1. The number of aldehydes is 1. The van der Waals surface area contributed by atoms with E-state index in [1.54, 1.807) is 7.11 Å². The van der Waals surface area contributed by atoms with Crippen molar-refractivity contribution in [2.24, 2.45) is 5.92 Å². The second-order valence-corrected chi connectivity index (χ2v) is 7.37. The summed E-state index contributed by atoms with van der Waals surface area (Å²) in [4.78, 5) is 11.0. The van der Waals surface area contributed by atoms with Gasteiger partial charge in [-0.15, -0.1) is 0 Å². The van der Waals surface area contributed by atoms with E-state index in [1.807, 2.05) is 0 Å². The van der Waals surface area contributed by atoms with Gasteiger partial charge in [0.05, 0.1) is 11.6 Å². The second-order valence-electron chi connectivity index (χ2n) is 6.58. The number of rotatable bonds is 4. The maximum Gasteiger partial charge on any atom is 0.137 e. The molecule has 114 valence electrons. The van der Waals surface area contributed by atoms with Gasteiger partial charge >= 0.3 is 0 Å².